The number of rotatable bonds is 6. The summed E-state index contributed by atoms with van der Waals surface area (Å²) in [6.07, 6.45) is 0.543. The molecule has 0 radical (unpaired) electrons. The molecule has 0 fully saturated rings. The van der Waals surface area contributed by atoms with E-state index in [9.17, 15) is 19.1 Å². The number of aliphatic hydroxyl groups is 1. The highest BCUT2D eigenvalue weighted by Crippen LogP contribution is 2.15. The van der Waals surface area contributed by atoms with Crippen LogP contribution in [0.4, 0.5) is 4.39 Å². The molecule has 1 aliphatic heterocycles. The van der Waals surface area contributed by atoms with Crippen molar-refractivity contribution in [3.63, 3.8) is 0 Å². The van der Waals surface area contributed by atoms with Crippen molar-refractivity contribution in [2.24, 2.45) is 0 Å². The second-order valence-corrected chi connectivity index (χ2v) is 4.90. The molecule has 0 saturated heterocycles. The predicted molar refractivity (Wildman–Crippen MR) is 76.8 cm³/mol. The number of aliphatic hydroxyl groups excluding tert-OH is 1. The van der Waals surface area contributed by atoms with Gasteiger partial charge in [-0.15, -0.1) is 0 Å². The zero-order valence-corrected chi connectivity index (χ0v) is 12.1. The first kappa shape index (κ1) is 15.8. The molecule has 2 amide bonds. The second-order valence-electron chi connectivity index (χ2n) is 4.90. The van der Waals surface area contributed by atoms with Crippen molar-refractivity contribution in [3.8, 4) is 5.75 Å². The molecule has 2 rings (SSSR count). The molecule has 2 N–H and O–H groups in total. The summed E-state index contributed by atoms with van der Waals surface area (Å²) in [5, 5.41) is 12.2. The molecule has 0 unspecified atom stereocenters. The molecule has 0 aromatic heterocycles. The molecule has 1 aliphatic rings. The van der Waals surface area contributed by atoms with Gasteiger partial charge >= 0.3 is 0 Å². The molecule has 0 spiro atoms. The van der Waals surface area contributed by atoms with Crippen molar-refractivity contribution in [1.29, 1.82) is 0 Å². The average Bonchev–Trinajstić information content (AvgIpc) is 2.76. The molecule has 6 nitrogen and oxygen atoms in total. The van der Waals surface area contributed by atoms with Gasteiger partial charge in [-0.05, 0) is 30.7 Å². The molecule has 1 aromatic rings. The minimum atomic E-state index is -0.551. The quantitative estimate of drug-likeness (QED) is 0.768. The molecule has 7 heteroatoms. The molecule has 1 aromatic carbocycles. The van der Waals surface area contributed by atoms with Crippen molar-refractivity contribution >= 4 is 11.8 Å². The fourth-order valence-corrected chi connectivity index (χ4v) is 1.97. The number of nitrogens with zero attached hydrogens (tertiary/aromatic N) is 1. The van der Waals surface area contributed by atoms with Gasteiger partial charge in [0.2, 0.25) is 0 Å². The molecule has 118 valence electrons. The standard InChI is InChI=1S/C15H17FN2O4/c1-18-9-12(13(19)15(18)21)14(20)17-7-2-8-22-11-5-3-10(16)4-6-11/h3-6,19H,2,7-9H2,1H3,(H,17,20). The third-order valence-corrected chi connectivity index (χ3v) is 3.19. The lowest BCUT2D eigenvalue weighted by molar-refractivity contribution is -0.126. The van der Waals surface area contributed by atoms with Crippen LogP contribution < -0.4 is 10.1 Å². The highest BCUT2D eigenvalue weighted by atomic mass is 19.1. The van der Waals surface area contributed by atoms with E-state index >= 15 is 0 Å². The summed E-state index contributed by atoms with van der Waals surface area (Å²) in [5.41, 5.74) is 0.0759. The zero-order valence-electron chi connectivity index (χ0n) is 12.1. The largest absolute Gasteiger partial charge is 0.503 e. The number of carbonyl (C=O) groups excluding carboxylic acids is 2. The maximum Gasteiger partial charge on any atom is 0.289 e. The van der Waals surface area contributed by atoms with E-state index < -0.39 is 17.6 Å². The van der Waals surface area contributed by atoms with E-state index in [1.165, 1.54) is 36.2 Å². The maximum absolute atomic E-state index is 12.7. The first-order valence-electron chi connectivity index (χ1n) is 6.83. The Morgan fingerprint density at radius 3 is 2.68 bits per heavy atom. The molecule has 0 bridgehead atoms. The van der Waals surface area contributed by atoms with Crippen LogP contribution in [0.1, 0.15) is 6.42 Å². The van der Waals surface area contributed by atoms with E-state index in [1.807, 2.05) is 0 Å². The lowest BCUT2D eigenvalue weighted by Crippen LogP contribution is -2.29. The average molecular weight is 308 g/mol. The Balaban J connectivity index is 1.70. The third-order valence-electron chi connectivity index (χ3n) is 3.19. The molecule has 0 aliphatic carbocycles. The summed E-state index contributed by atoms with van der Waals surface area (Å²) in [7, 11) is 1.51. The van der Waals surface area contributed by atoms with Crippen molar-refractivity contribution in [1.82, 2.24) is 10.2 Å². The van der Waals surface area contributed by atoms with Crippen molar-refractivity contribution in [3.05, 3.63) is 41.4 Å². The molecular formula is C15H17FN2O4. The lowest BCUT2D eigenvalue weighted by atomic mass is 10.2. The van der Waals surface area contributed by atoms with E-state index in [1.54, 1.807) is 0 Å². The Labute approximate surface area is 127 Å². The Morgan fingerprint density at radius 1 is 1.41 bits per heavy atom. The number of ether oxygens (including phenoxy) is 1. The van der Waals surface area contributed by atoms with Crippen LogP contribution >= 0.6 is 0 Å². The second kappa shape index (κ2) is 6.93. The molecule has 0 saturated carbocycles. The first-order chi connectivity index (χ1) is 10.5. The van der Waals surface area contributed by atoms with Crippen molar-refractivity contribution in [2.75, 3.05) is 26.7 Å². The number of nitrogens with one attached hydrogen (secondary N) is 1. The molecular weight excluding hydrogens is 291 g/mol. The summed E-state index contributed by atoms with van der Waals surface area (Å²) in [6.45, 7) is 0.799. The fraction of sp³-hybridized carbons (Fsp3) is 0.333. The van der Waals surface area contributed by atoms with Crippen LogP contribution in [0.5, 0.6) is 5.75 Å². The zero-order chi connectivity index (χ0) is 16.1. The number of likely N-dealkylation sites (N-methyl/N-ethyl adjacent to an activating group) is 1. The summed E-state index contributed by atoms with van der Waals surface area (Å²) in [6, 6.07) is 5.66. The van der Waals surface area contributed by atoms with Gasteiger partial charge in [-0.1, -0.05) is 0 Å². The van der Waals surface area contributed by atoms with Gasteiger partial charge in [0.15, 0.2) is 5.76 Å². The summed E-state index contributed by atoms with van der Waals surface area (Å²) in [4.78, 5) is 24.5. The summed E-state index contributed by atoms with van der Waals surface area (Å²) < 4.78 is 18.1. The third kappa shape index (κ3) is 3.75. The molecule has 0 atom stereocenters. The highest BCUT2D eigenvalue weighted by molar-refractivity contribution is 6.06. The van der Waals surface area contributed by atoms with E-state index in [-0.39, 0.29) is 17.9 Å². The number of benzene rings is 1. The highest BCUT2D eigenvalue weighted by Gasteiger charge is 2.31. The van der Waals surface area contributed by atoms with Gasteiger partial charge in [-0.25, -0.2) is 4.39 Å². The Morgan fingerprint density at radius 2 is 2.09 bits per heavy atom. The number of halogens is 1. The number of amides is 2. The van der Waals surface area contributed by atoms with Crippen molar-refractivity contribution in [2.45, 2.75) is 6.42 Å². The van der Waals surface area contributed by atoms with Gasteiger partial charge in [0.1, 0.15) is 11.6 Å². The van der Waals surface area contributed by atoms with Crippen LogP contribution in [0.15, 0.2) is 35.6 Å². The predicted octanol–water partition coefficient (Wildman–Crippen LogP) is 0.995. The van der Waals surface area contributed by atoms with Crippen LogP contribution in [0.25, 0.3) is 0 Å². The van der Waals surface area contributed by atoms with E-state index in [0.717, 1.165) is 0 Å². The SMILES string of the molecule is CN1CC(C(=O)NCCCOc2ccc(F)cc2)=C(O)C1=O. The monoisotopic (exact) mass is 308 g/mol. The van der Waals surface area contributed by atoms with E-state index in [4.69, 9.17) is 4.74 Å². The van der Waals surface area contributed by atoms with E-state index in [0.29, 0.717) is 25.3 Å². The normalized spacial score (nSPS) is 14.5. The molecule has 1 heterocycles. The number of carbonyl (C=O) groups is 2. The van der Waals surface area contributed by atoms with Crippen LogP contribution in [0, 0.1) is 5.82 Å². The van der Waals surface area contributed by atoms with Gasteiger partial charge in [0, 0.05) is 13.6 Å². The Kier molecular flexibility index (Phi) is 4.98. The van der Waals surface area contributed by atoms with Gasteiger partial charge in [-0.3, -0.25) is 9.59 Å². The van der Waals surface area contributed by atoms with Crippen LogP contribution in [0.2, 0.25) is 0 Å². The minimum Gasteiger partial charge on any atom is -0.503 e. The van der Waals surface area contributed by atoms with Crippen molar-refractivity contribution < 1.29 is 23.8 Å². The fourth-order valence-electron chi connectivity index (χ4n) is 1.97. The Bertz CT molecular complexity index is 598. The summed E-state index contributed by atoms with van der Waals surface area (Å²) >= 11 is 0. The van der Waals surface area contributed by atoms with Gasteiger partial charge in [-0.2, -0.15) is 0 Å². The van der Waals surface area contributed by atoms with Gasteiger partial charge in [0.05, 0.1) is 18.7 Å². The van der Waals surface area contributed by atoms with Gasteiger partial charge in [0.25, 0.3) is 11.8 Å². The first-order valence-corrected chi connectivity index (χ1v) is 6.83. The maximum atomic E-state index is 12.7. The smallest absolute Gasteiger partial charge is 0.289 e. The minimum absolute atomic E-state index is 0.0759. The topological polar surface area (TPSA) is 78.9 Å². The van der Waals surface area contributed by atoms with E-state index in [2.05, 4.69) is 5.32 Å². The lowest BCUT2D eigenvalue weighted by Gasteiger charge is -2.09. The Hall–Kier alpha value is -2.57. The number of hydrogen-bond acceptors (Lipinski definition) is 4. The van der Waals surface area contributed by atoms with Crippen LogP contribution in [-0.4, -0.2) is 48.6 Å². The van der Waals surface area contributed by atoms with Crippen LogP contribution in [-0.2, 0) is 9.59 Å². The molecule has 22 heavy (non-hydrogen) atoms. The summed E-state index contributed by atoms with van der Waals surface area (Å²) in [5.74, 6) is -1.29. The van der Waals surface area contributed by atoms with Crippen LogP contribution in [0.3, 0.4) is 0 Å². The van der Waals surface area contributed by atoms with Gasteiger partial charge < -0.3 is 20.1 Å². The number of hydrogen-bond donors (Lipinski definition) is 2.